The largest absolute Gasteiger partial charge is 0.497 e. The lowest BCUT2D eigenvalue weighted by Gasteiger charge is -2.38. The highest BCUT2D eigenvalue weighted by Crippen LogP contribution is 2.49. The Morgan fingerprint density at radius 3 is 2.50 bits per heavy atom. The van der Waals surface area contributed by atoms with Crippen molar-refractivity contribution in [2.45, 2.75) is 48.5 Å². The van der Waals surface area contributed by atoms with Gasteiger partial charge in [0.1, 0.15) is 17.6 Å². The molecule has 0 amide bonds. The quantitative estimate of drug-likeness (QED) is 0.527. The van der Waals surface area contributed by atoms with Crippen LogP contribution in [0, 0.1) is 0 Å². The monoisotopic (exact) mass is 514 g/mol. The van der Waals surface area contributed by atoms with Crippen molar-refractivity contribution in [1.82, 2.24) is 4.90 Å². The van der Waals surface area contributed by atoms with Crippen LogP contribution in [-0.2, 0) is 14.3 Å². The van der Waals surface area contributed by atoms with Crippen molar-refractivity contribution in [1.29, 1.82) is 0 Å². The van der Waals surface area contributed by atoms with Gasteiger partial charge in [0.05, 0.1) is 12.0 Å². The Labute approximate surface area is 216 Å². The molecular weight excluding hydrogens is 480 g/mol. The first-order valence-corrected chi connectivity index (χ1v) is 13.1. The zero-order valence-corrected chi connectivity index (χ0v) is 21.8. The Kier molecular flexibility index (Phi) is 8.31. The molecule has 1 unspecified atom stereocenters. The second-order valence-corrected chi connectivity index (χ2v) is 10.6. The number of carboxylic acids is 1. The van der Waals surface area contributed by atoms with E-state index in [0.29, 0.717) is 29.2 Å². The van der Waals surface area contributed by atoms with Crippen LogP contribution in [0.1, 0.15) is 26.7 Å². The Hall–Kier alpha value is -2.91. The molecule has 0 aliphatic carbocycles. The highest BCUT2D eigenvalue weighted by atomic mass is 32.2. The van der Waals surface area contributed by atoms with Crippen molar-refractivity contribution in [3.8, 4) is 11.5 Å². The SMILES string of the molecule is COc1ccc2c(c1)SC(CCCN1CCN(c3ccccc3)CC1)(C(=O)O)[C@H](OC(C)=O)[C@H](C)O2. The van der Waals surface area contributed by atoms with E-state index in [1.807, 2.05) is 6.07 Å². The van der Waals surface area contributed by atoms with Gasteiger partial charge in [0.15, 0.2) is 10.9 Å². The average Bonchev–Trinajstić information content (AvgIpc) is 2.99. The third-order valence-electron chi connectivity index (χ3n) is 6.81. The topological polar surface area (TPSA) is 88.5 Å². The molecule has 0 spiro atoms. The maximum atomic E-state index is 12.9. The van der Waals surface area contributed by atoms with E-state index in [-0.39, 0.29) is 0 Å². The molecule has 2 aliphatic rings. The van der Waals surface area contributed by atoms with E-state index in [4.69, 9.17) is 14.2 Å². The number of para-hydroxylation sites is 1. The van der Waals surface area contributed by atoms with Crippen molar-refractivity contribution in [2.75, 3.05) is 44.7 Å². The minimum atomic E-state index is -1.39. The average molecular weight is 515 g/mol. The number of aliphatic carboxylic acids is 1. The summed E-state index contributed by atoms with van der Waals surface area (Å²) in [4.78, 5) is 30.3. The van der Waals surface area contributed by atoms with Gasteiger partial charge in [-0.15, -0.1) is 0 Å². The second-order valence-electron chi connectivity index (χ2n) is 9.23. The normalized spacial score (nSPS) is 24.2. The number of rotatable bonds is 8. The first kappa shape index (κ1) is 26.2. The third kappa shape index (κ3) is 5.73. The highest BCUT2D eigenvalue weighted by Gasteiger charge is 2.54. The van der Waals surface area contributed by atoms with Crippen LogP contribution in [0.5, 0.6) is 11.5 Å². The number of hydrogen-bond acceptors (Lipinski definition) is 8. The molecule has 8 nitrogen and oxygen atoms in total. The smallest absolute Gasteiger partial charge is 0.324 e. The Bertz CT molecular complexity index is 1060. The molecular formula is C27H34N2O6S. The van der Waals surface area contributed by atoms with Crippen LogP contribution in [0.2, 0.25) is 0 Å². The van der Waals surface area contributed by atoms with Crippen molar-refractivity contribution in [2.24, 2.45) is 0 Å². The molecule has 0 bridgehead atoms. The minimum absolute atomic E-state index is 0.328. The van der Waals surface area contributed by atoms with Gasteiger partial charge >= 0.3 is 11.9 Å². The molecule has 194 valence electrons. The second kappa shape index (κ2) is 11.4. The van der Waals surface area contributed by atoms with E-state index >= 15 is 0 Å². The Morgan fingerprint density at radius 2 is 1.86 bits per heavy atom. The van der Waals surface area contributed by atoms with Crippen LogP contribution in [0.15, 0.2) is 53.4 Å². The van der Waals surface area contributed by atoms with E-state index in [0.717, 1.165) is 32.7 Å². The van der Waals surface area contributed by atoms with Crippen LogP contribution in [0.4, 0.5) is 5.69 Å². The number of fused-ring (bicyclic) bond motifs is 1. The number of carboxylic acid groups (broad SMARTS) is 1. The zero-order chi connectivity index (χ0) is 25.7. The summed E-state index contributed by atoms with van der Waals surface area (Å²) in [5, 5.41) is 10.5. The predicted molar refractivity (Wildman–Crippen MR) is 139 cm³/mol. The van der Waals surface area contributed by atoms with Gasteiger partial charge in [0.25, 0.3) is 0 Å². The molecule has 0 radical (unpaired) electrons. The maximum absolute atomic E-state index is 12.9. The van der Waals surface area contributed by atoms with Crippen molar-refractivity contribution in [3.05, 3.63) is 48.5 Å². The van der Waals surface area contributed by atoms with E-state index in [1.165, 1.54) is 24.4 Å². The third-order valence-corrected chi connectivity index (χ3v) is 8.33. The zero-order valence-electron chi connectivity index (χ0n) is 21.0. The number of carbonyl (C=O) groups is 2. The van der Waals surface area contributed by atoms with Crippen molar-refractivity contribution >= 4 is 29.4 Å². The van der Waals surface area contributed by atoms with Gasteiger partial charge in [0, 0.05) is 38.8 Å². The molecule has 0 aromatic heterocycles. The van der Waals surface area contributed by atoms with Gasteiger partial charge in [-0.1, -0.05) is 30.0 Å². The van der Waals surface area contributed by atoms with Crippen LogP contribution in [0.3, 0.4) is 0 Å². The van der Waals surface area contributed by atoms with Crippen LogP contribution in [-0.4, -0.2) is 78.7 Å². The summed E-state index contributed by atoms with van der Waals surface area (Å²) in [5.74, 6) is -0.370. The van der Waals surface area contributed by atoms with Gasteiger partial charge in [-0.05, 0) is 56.6 Å². The summed E-state index contributed by atoms with van der Waals surface area (Å²) in [7, 11) is 1.57. The molecule has 4 rings (SSSR count). The molecule has 1 saturated heterocycles. The molecule has 0 saturated carbocycles. The van der Waals surface area contributed by atoms with E-state index < -0.39 is 28.9 Å². The molecule has 1 fully saturated rings. The first-order valence-electron chi connectivity index (χ1n) is 12.3. The van der Waals surface area contributed by atoms with Crippen LogP contribution >= 0.6 is 11.8 Å². The highest BCUT2D eigenvalue weighted by molar-refractivity contribution is 8.01. The molecule has 2 aromatic carbocycles. The number of ether oxygens (including phenoxy) is 3. The number of piperazine rings is 1. The fourth-order valence-electron chi connectivity index (χ4n) is 4.96. The number of thioether (sulfide) groups is 1. The van der Waals surface area contributed by atoms with Crippen LogP contribution < -0.4 is 14.4 Å². The van der Waals surface area contributed by atoms with Gasteiger partial charge in [-0.25, -0.2) is 0 Å². The number of esters is 1. The number of carbonyl (C=O) groups excluding carboxylic acids is 1. The minimum Gasteiger partial charge on any atom is -0.497 e. The first-order chi connectivity index (χ1) is 17.3. The molecule has 9 heteroatoms. The molecule has 2 aliphatic heterocycles. The maximum Gasteiger partial charge on any atom is 0.324 e. The van der Waals surface area contributed by atoms with Gasteiger partial charge in [-0.2, -0.15) is 0 Å². The number of methoxy groups -OCH3 is 1. The lowest BCUT2D eigenvalue weighted by Crippen LogP contribution is -2.54. The lowest BCUT2D eigenvalue weighted by molar-refractivity contribution is -0.160. The van der Waals surface area contributed by atoms with Crippen LogP contribution in [0.25, 0.3) is 0 Å². The summed E-state index contributed by atoms with van der Waals surface area (Å²) in [6, 6.07) is 15.7. The predicted octanol–water partition coefficient (Wildman–Crippen LogP) is 3.93. The van der Waals surface area contributed by atoms with Crippen molar-refractivity contribution in [3.63, 3.8) is 0 Å². The fourth-order valence-corrected chi connectivity index (χ4v) is 6.43. The lowest BCUT2D eigenvalue weighted by atomic mass is 9.91. The Morgan fingerprint density at radius 1 is 1.14 bits per heavy atom. The molecule has 2 heterocycles. The van der Waals surface area contributed by atoms with E-state index in [9.17, 15) is 14.7 Å². The number of benzene rings is 2. The summed E-state index contributed by atoms with van der Waals surface area (Å²) in [5.41, 5.74) is 1.23. The number of nitrogens with zero attached hydrogens (tertiary/aromatic N) is 2. The molecule has 36 heavy (non-hydrogen) atoms. The summed E-state index contributed by atoms with van der Waals surface area (Å²) >= 11 is 1.19. The molecule has 3 atom stereocenters. The van der Waals surface area contributed by atoms with Gasteiger partial charge < -0.3 is 24.2 Å². The summed E-state index contributed by atoms with van der Waals surface area (Å²) < 4.78 is 15.7. The summed E-state index contributed by atoms with van der Waals surface area (Å²) in [6.07, 6.45) is -0.616. The molecule has 2 aromatic rings. The van der Waals surface area contributed by atoms with Crippen molar-refractivity contribution < 1.29 is 28.9 Å². The Balaban J connectivity index is 1.49. The van der Waals surface area contributed by atoms with Gasteiger partial charge in [-0.3, -0.25) is 14.5 Å². The standard InChI is InChI=1S/C27H34N2O6S/c1-19-25(35-20(2)30)27(26(31)32,36-24-18-22(33-3)10-11-23(24)34-19)12-7-13-28-14-16-29(17-15-28)21-8-5-4-6-9-21/h4-6,8-11,18-19,25H,7,12-17H2,1-3H3,(H,31,32)/t19-,25+,27?/m0/s1. The molecule has 1 N–H and O–H groups in total. The van der Waals surface area contributed by atoms with Gasteiger partial charge in [0.2, 0.25) is 0 Å². The van der Waals surface area contributed by atoms with E-state index in [2.05, 4.69) is 34.1 Å². The fraction of sp³-hybridized carbons (Fsp3) is 0.481. The number of hydrogen-bond donors (Lipinski definition) is 1. The summed E-state index contributed by atoms with van der Waals surface area (Å²) in [6.45, 7) is 7.51. The van der Waals surface area contributed by atoms with E-state index in [1.54, 1.807) is 32.2 Å². The number of anilines is 1.